The molecule has 3 aromatic carbocycles. The van der Waals surface area contributed by atoms with Crippen LogP contribution in [-0.2, 0) is 6.54 Å². The van der Waals surface area contributed by atoms with Crippen LogP contribution in [0.25, 0.3) is 38.4 Å². The fourth-order valence-electron chi connectivity index (χ4n) is 3.87. The molecule has 2 aromatic heterocycles. The van der Waals surface area contributed by atoms with Gasteiger partial charge in [0.1, 0.15) is 5.52 Å². The highest BCUT2D eigenvalue weighted by molar-refractivity contribution is 6.12. The molecule has 0 aliphatic heterocycles. The Labute approximate surface area is 134 Å². The summed E-state index contributed by atoms with van der Waals surface area (Å²) < 4.78 is 4.83. The van der Waals surface area contributed by atoms with Crippen molar-refractivity contribution < 1.29 is 4.57 Å². The minimum absolute atomic E-state index is 0.958. The molecule has 2 heterocycles. The number of hydrogen-bond donors (Lipinski definition) is 0. The summed E-state index contributed by atoms with van der Waals surface area (Å²) in [4.78, 5) is 0. The summed E-state index contributed by atoms with van der Waals surface area (Å²) in [5, 5.41) is 3.93. The number of benzene rings is 3. The van der Waals surface area contributed by atoms with Crippen LogP contribution < -0.4 is 4.57 Å². The number of aromatic nitrogens is 2. The predicted octanol–water partition coefficient (Wildman–Crippen LogP) is 4.71. The van der Waals surface area contributed by atoms with Gasteiger partial charge in [-0.3, -0.25) is 0 Å². The van der Waals surface area contributed by atoms with Gasteiger partial charge in [0.2, 0.25) is 0 Å². The van der Waals surface area contributed by atoms with Crippen molar-refractivity contribution >= 4 is 38.4 Å². The maximum Gasteiger partial charge on any atom is 0.295 e. The van der Waals surface area contributed by atoms with Crippen molar-refractivity contribution in [2.24, 2.45) is 0 Å². The molecule has 0 spiro atoms. The van der Waals surface area contributed by atoms with Gasteiger partial charge in [-0.1, -0.05) is 48.5 Å². The van der Waals surface area contributed by atoms with E-state index in [0.717, 1.165) is 6.54 Å². The van der Waals surface area contributed by atoms with Gasteiger partial charge in [0.05, 0.1) is 11.9 Å². The van der Waals surface area contributed by atoms with Gasteiger partial charge in [-0.25, -0.2) is 4.57 Å². The summed E-state index contributed by atoms with van der Waals surface area (Å²) in [7, 11) is 0. The Morgan fingerprint density at radius 2 is 1.30 bits per heavy atom. The Hall–Kier alpha value is -2.87. The van der Waals surface area contributed by atoms with Crippen molar-refractivity contribution in [1.29, 1.82) is 0 Å². The van der Waals surface area contributed by atoms with Gasteiger partial charge in [-0.15, -0.1) is 0 Å². The first-order chi connectivity index (χ1) is 11.4. The molecule has 5 aromatic rings. The molecule has 0 saturated heterocycles. The van der Waals surface area contributed by atoms with Crippen LogP contribution in [0.1, 0.15) is 6.92 Å². The van der Waals surface area contributed by atoms with E-state index in [1.165, 1.54) is 38.4 Å². The lowest BCUT2D eigenvalue weighted by Crippen LogP contribution is -2.32. The summed E-state index contributed by atoms with van der Waals surface area (Å²) >= 11 is 0. The molecule has 0 saturated carbocycles. The third-order valence-corrected chi connectivity index (χ3v) is 4.80. The first-order valence-corrected chi connectivity index (χ1v) is 8.12. The maximum atomic E-state index is 2.42. The van der Waals surface area contributed by atoms with Crippen LogP contribution in [0.4, 0.5) is 0 Å². The number of aryl methyl sites for hydroxylation is 1. The van der Waals surface area contributed by atoms with Gasteiger partial charge in [0.15, 0.2) is 11.0 Å². The molecule has 0 amide bonds. The van der Waals surface area contributed by atoms with Crippen LogP contribution in [0.15, 0.2) is 72.8 Å². The zero-order valence-electron chi connectivity index (χ0n) is 13.0. The number of hydrogen-bond acceptors (Lipinski definition) is 0. The van der Waals surface area contributed by atoms with Crippen molar-refractivity contribution in [2.75, 3.05) is 0 Å². The second-order valence-electron chi connectivity index (χ2n) is 5.95. The quantitative estimate of drug-likeness (QED) is 0.313. The normalized spacial score (nSPS) is 11.9. The van der Waals surface area contributed by atoms with Crippen molar-refractivity contribution in [1.82, 2.24) is 4.40 Å². The molecule has 0 aliphatic rings. The van der Waals surface area contributed by atoms with Gasteiger partial charge >= 0.3 is 0 Å². The van der Waals surface area contributed by atoms with Gasteiger partial charge in [-0.05, 0) is 31.2 Å². The number of nitrogens with zero attached hydrogens (tertiary/aromatic N) is 2. The average Bonchev–Trinajstić information content (AvgIpc) is 2.97. The van der Waals surface area contributed by atoms with Crippen LogP contribution in [0.3, 0.4) is 0 Å². The van der Waals surface area contributed by atoms with E-state index in [1.54, 1.807) is 0 Å². The number of rotatable bonds is 1. The first kappa shape index (κ1) is 12.7. The lowest BCUT2D eigenvalue weighted by molar-refractivity contribution is -0.641. The van der Waals surface area contributed by atoms with E-state index in [4.69, 9.17) is 0 Å². The summed E-state index contributed by atoms with van der Waals surface area (Å²) in [5.74, 6) is 0. The summed E-state index contributed by atoms with van der Waals surface area (Å²) in [6.45, 7) is 3.18. The molecule has 0 aliphatic carbocycles. The molecule has 110 valence electrons. The highest BCUT2D eigenvalue weighted by Crippen LogP contribution is 2.31. The predicted molar refractivity (Wildman–Crippen MR) is 95.8 cm³/mol. The van der Waals surface area contributed by atoms with Gasteiger partial charge in [0.25, 0.3) is 5.65 Å². The molecule has 2 nitrogen and oxygen atoms in total. The van der Waals surface area contributed by atoms with E-state index in [0.29, 0.717) is 0 Å². The minimum atomic E-state index is 0.958. The van der Waals surface area contributed by atoms with E-state index in [2.05, 4.69) is 88.7 Å². The number of imidazole rings is 1. The highest BCUT2D eigenvalue weighted by Gasteiger charge is 2.23. The molecule has 0 N–H and O–H groups in total. The molecule has 0 unspecified atom stereocenters. The maximum absolute atomic E-state index is 2.42. The smallest absolute Gasteiger partial charge is 0.223 e. The second kappa shape index (κ2) is 4.56. The van der Waals surface area contributed by atoms with E-state index in [1.807, 2.05) is 0 Å². The van der Waals surface area contributed by atoms with Crippen molar-refractivity contribution in [3.05, 3.63) is 72.8 Å². The van der Waals surface area contributed by atoms with E-state index >= 15 is 0 Å². The largest absolute Gasteiger partial charge is 0.295 e. The Balaban J connectivity index is 2.26. The highest BCUT2D eigenvalue weighted by atomic mass is 15.1. The SMILES string of the molecule is CC[n+]1c2ccccc2n2c3ccccc3c3ccccc3c21. The lowest BCUT2D eigenvalue weighted by Gasteiger charge is -2.04. The summed E-state index contributed by atoms with van der Waals surface area (Å²) in [6, 6.07) is 26.1. The molecule has 0 atom stereocenters. The van der Waals surface area contributed by atoms with Crippen LogP contribution >= 0.6 is 0 Å². The molecule has 0 fully saturated rings. The molecular weight excluding hydrogens is 280 g/mol. The molecule has 5 rings (SSSR count). The molecular formula is C21H17N2+. The summed E-state index contributed by atoms with van der Waals surface area (Å²) in [6.07, 6.45) is 0. The van der Waals surface area contributed by atoms with Gasteiger partial charge < -0.3 is 0 Å². The Morgan fingerprint density at radius 1 is 0.696 bits per heavy atom. The van der Waals surface area contributed by atoms with E-state index in [-0.39, 0.29) is 0 Å². The fraction of sp³-hybridized carbons (Fsp3) is 0.0952. The zero-order chi connectivity index (χ0) is 15.4. The van der Waals surface area contributed by atoms with Crippen LogP contribution in [-0.4, -0.2) is 4.40 Å². The third kappa shape index (κ3) is 1.55. The van der Waals surface area contributed by atoms with E-state index < -0.39 is 0 Å². The summed E-state index contributed by atoms with van der Waals surface area (Å²) in [5.41, 5.74) is 5.11. The molecule has 23 heavy (non-hydrogen) atoms. The van der Waals surface area contributed by atoms with Crippen molar-refractivity contribution in [2.45, 2.75) is 13.5 Å². The first-order valence-electron chi connectivity index (χ1n) is 8.12. The monoisotopic (exact) mass is 297 g/mol. The zero-order valence-corrected chi connectivity index (χ0v) is 13.0. The van der Waals surface area contributed by atoms with E-state index in [9.17, 15) is 0 Å². The Bertz CT molecular complexity index is 1200. The average molecular weight is 297 g/mol. The number of fused-ring (bicyclic) bond motifs is 8. The third-order valence-electron chi connectivity index (χ3n) is 4.80. The van der Waals surface area contributed by atoms with Crippen LogP contribution in [0.5, 0.6) is 0 Å². The number of pyridine rings is 1. The Morgan fingerprint density at radius 3 is 2.09 bits per heavy atom. The second-order valence-corrected chi connectivity index (χ2v) is 5.95. The molecule has 0 radical (unpaired) electrons. The van der Waals surface area contributed by atoms with Crippen molar-refractivity contribution in [3.63, 3.8) is 0 Å². The number of para-hydroxylation sites is 3. The molecule has 2 heteroatoms. The van der Waals surface area contributed by atoms with Gasteiger partial charge in [0, 0.05) is 10.8 Å². The Kier molecular flexibility index (Phi) is 2.51. The lowest BCUT2D eigenvalue weighted by atomic mass is 10.1. The fourth-order valence-corrected chi connectivity index (χ4v) is 3.87. The van der Waals surface area contributed by atoms with Crippen LogP contribution in [0.2, 0.25) is 0 Å². The van der Waals surface area contributed by atoms with Crippen LogP contribution in [0, 0.1) is 0 Å². The van der Waals surface area contributed by atoms with Gasteiger partial charge in [-0.2, -0.15) is 4.40 Å². The molecule has 0 bridgehead atoms. The minimum Gasteiger partial charge on any atom is -0.223 e. The standard InChI is InChI=1S/C21H17N2/c1-2-22-19-13-7-8-14-20(19)23-18-12-6-5-10-16(18)15-9-3-4-11-17(15)21(22)23/h3-14H,2H2,1H3/q+1. The van der Waals surface area contributed by atoms with Crippen molar-refractivity contribution in [3.8, 4) is 0 Å². The topological polar surface area (TPSA) is 8.29 Å².